The van der Waals surface area contributed by atoms with Crippen molar-refractivity contribution in [1.29, 1.82) is 0 Å². The van der Waals surface area contributed by atoms with Gasteiger partial charge in [0.2, 0.25) is 0 Å². The number of aryl methyl sites for hydroxylation is 1. The number of fused-ring (bicyclic) bond motifs is 1. The highest BCUT2D eigenvalue weighted by atomic mass is 16.5. The van der Waals surface area contributed by atoms with E-state index in [0.717, 1.165) is 29.7 Å². The lowest BCUT2D eigenvalue weighted by Gasteiger charge is -2.26. The van der Waals surface area contributed by atoms with Gasteiger partial charge in [0.15, 0.2) is 6.61 Å². The molecule has 4 amide bonds. The standard InChI is InChI=1S/C18H21N3O5/c1-20-9-16(23)21(18(20)25)10-17(24)26-11-15(22)19-14-8-4-6-12-5-2-3-7-13(12)14/h2-3,5,7,14H,4,6,8-11H2,1H3,(H,19,22)/t14-/m0/s1. The number of imide groups is 1. The van der Waals surface area contributed by atoms with Gasteiger partial charge < -0.3 is 15.0 Å². The number of urea groups is 1. The third-order valence-corrected chi connectivity index (χ3v) is 4.59. The number of likely N-dealkylation sites (N-methyl/N-ethyl adjacent to an activating group) is 1. The van der Waals surface area contributed by atoms with Crippen LogP contribution in [0.2, 0.25) is 0 Å². The van der Waals surface area contributed by atoms with Crippen molar-refractivity contribution in [3.63, 3.8) is 0 Å². The normalized spacial score (nSPS) is 19.3. The van der Waals surface area contributed by atoms with Crippen LogP contribution in [0.4, 0.5) is 4.79 Å². The lowest BCUT2D eigenvalue weighted by molar-refractivity contribution is -0.150. The Hall–Kier alpha value is -2.90. The van der Waals surface area contributed by atoms with E-state index in [2.05, 4.69) is 11.4 Å². The molecule has 1 aliphatic heterocycles. The number of nitrogens with zero attached hydrogens (tertiary/aromatic N) is 2. The summed E-state index contributed by atoms with van der Waals surface area (Å²) in [6, 6.07) is 7.31. The molecule has 0 saturated carbocycles. The highest BCUT2D eigenvalue weighted by Gasteiger charge is 2.35. The summed E-state index contributed by atoms with van der Waals surface area (Å²) < 4.78 is 4.91. The minimum absolute atomic E-state index is 0.0618. The molecule has 1 atom stereocenters. The largest absolute Gasteiger partial charge is 0.454 e. The maximum atomic E-state index is 12.1. The van der Waals surface area contributed by atoms with Crippen LogP contribution in [-0.2, 0) is 25.5 Å². The summed E-state index contributed by atoms with van der Waals surface area (Å²) in [5.74, 6) is -1.66. The fourth-order valence-electron chi connectivity index (χ4n) is 3.29. The highest BCUT2D eigenvalue weighted by molar-refractivity contribution is 6.04. The zero-order valence-electron chi connectivity index (χ0n) is 14.6. The highest BCUT2D eigenvalue weighted by Crippen LogP contribution is 2.29. The van der Waals surface area contributed by atoms with E-state index < -0.39 is 37.0 Å². The molecule has 1 fully saturated rings. The molecule has 0 radical (unpaired) electrons. The van der Waals surface area contributed by atoms with Crippen LogP contribution < -0.4 is 5.32 Å². The maximum Gasteiger partial charge on any atom is 0.327 e. The average Bonchev–Trinajstić information content (AvgIpc) is 2.86. The lowest BCUT2D eigenvalue weighted by atomic mass is 9.88. The Morgan fingerprint density at radius 1 is 1.27 bits per heavy atom. The van der Waals surface area contributed by atoms with Crippen LogP contribution in [0.15, 0.2) is 24.3 Å². The van der Waals surface area contributed by atoms with Gasteiger partial charge in [-0.25, -0.2) is 4.79 Å². The van der Waals surface area contributed by atoms with Crippen molar-refractivity contribution in [2.75, 3.05) is 26.7 Å². The second-order valence-corrected chi connectivity index (χ2v) is 6.49. The van der Waals surface area contributed by atoms with Crippen LogP contribution in [0.1, 0.15) is 30.0 Å². The Bertz CT molecular complexity index is 748. The first-order valence-electron chi connectivity index (χ1n) is 8.54. The van der Waals surface area contributed by atoms with Crippen molar-refractivity contribution in [1.82, 2.24) is 15.1 Å². The zero-order chi connectivity index (χ0) is 18.7. The van der Waals surface area contributed by atoms with Crippen molar-refractivity contribution in [3.05, 3.63) is 35.4 Å². The Morgan fingerprint density at radius 3 is 2.77 bits per heavy atom. The van der Waals surface area contributed by atoms with Crippen LogP contribution in [0.3, 0.4) is 0 Å². The first-order chi connectivity index (χ1) is 12.5. The van der Waals surface area contributed by atoms with E-state index in [9.17, 15) is 19.2 Å². The monoisotopic (exact) mass is 359 g/mol. The summed E-state index contributed by atoms with van der Waals surface area (Å²) in [6.45, 7) is -0.987. The lowest BCUT2D eigenvalue weighted by Crippen LogP contribution is -2.39. The first kappa shape index (κ1) is 17.9. The number of nitrogens with one attached hydrogen (secondary N) is 1. The van der Waals surface area contributed by atoms with E-state index in [-0.39, 0.29) is 12.6 Å². The number of ether oxygens (including phenoxy) is 1. The molecular formula is C18H21N3O5. The molecule has 1 aliphatic carbocycles. The quantitative estimate of drug-likeness (QED) is 0.614. The van der Waals surface area contributed by atoms with Gasteiger partial charge in [0, 0.05) is 7.05 Å². The number of benzene rings is 1. The topological polar surface area (TPSA) is 96.0 Å². The summed E-state index contributed by atoms with van der Waals surface area (Å²) >= 11 is 0. The van der Waals surface area contributed by atoms with Crippen LogP contribution in [0.5, 0.6) is 0 Å². The Balaban J connectivity index is 1.48. The molecule has 1 saturated heterocycles. The molecular weight excluding hydrogens is 338 g/mol. The van der Waals surface area contributed by atoms with Gasteiger partial charge in [-0.2, -0.15) is 0 Å². The Morgan fingerprint density at radius 2 is 2.04 bits per heavy atom. The molecule has 8 heteroatoms. The number of rotatable bonds is 5. The van der Waals surface area contributed by atoms with E-state index in [0.29, 0.717) is 0 Å². The van der Waals surface area contributed by atoms with E-state index in [1.54, 1.807) is 0 Å². The van der Waals surface area contributed by atoms with Gasteiger partial charge in [-0.1, -0.05) is 24.3 Å². The predicted octanol–water partition coefficient (Wildman–Crippen LogP) is 0.617. The van der Waals surface area contributed by atoms with Gasteiger partial charge in [-0.15, -0.1) is 0 Å². The van der Waals surface area contributed by atoms with E-state index in [1.807, 2.05) is 18.2 Å². The van der Waals surface area contributed by atoms with Gasteiger partial charge in [0.1, 0.15) is 13.1 Å². The minimum atomic E-state index is -0.791. The summed E-state index contributed by atoms with van der Waals surface area (Å²) in [6.07, 6.45) is 2.80. The average molecular weight is 359 g/mol. The molecule has 0 bridgehead atoms. The number of hydrogen-bond acceptors (Lipinski definition) is 5. The van der Waals surface area contributed by atoms with Gasteiger partial charge in [0.05, 0.1) is 6.04 Å². The summed E-state index contributed by atoms with van der Waals surface area (Å²) in [5.41, 5.74) is 2.31. The van der Waals surface area contributed by atoms with Crippen LogP contribution >= 0.6 is 0 Å². The first-order valence-corrected chi connectivity index (χ1v) is 8.54. The molecule has 1 N–H and O–H groups in total. The third kappa shape index (κ3) is 3.84. The van der Waals surface area contributed by atoms with Crippen molar-refractivity contribution in [2.45, 2.75) is 25.3 Å². The van der Waals surface area contributed by atoms with Crippen molar-refractivity contribution in [3.8, 4) is 0 Å². The van der Waals surface area contributed by atoms with E-state index in [4.69, 9.17) is 4.74 Å². The van der Waals surface area contributed by atoms with Gasteiger partial charge >= 0.3 is 12.0 Å². The van der Waals surface area contributed by atoms with Crippen LogP contribution in [0, 0.1) is 0 Å². The minimum Gasteiger partial charge on any atom is -0.454 e. The number of amides is 4. The van der Waals surface area contributed by atoms with Crippen molar-refractivity contribution in [2.24, 2.45) is 0 Å². The Labute approximate surface area is 151 Å². The second-order valence-electron chi connectivity index (χ2n) is 6.49. The molecule has 26 heavy (non-hydrogen) atoms. The smallest absolute Gasteiger partial charge is 0.327 e. The zero-order valence-corrected chi connectivity index (χ0v) is 14.6. The molecule has 1 aromatic rings. The molecule has 3 rings (SSSR count). The van der Waals surface area contributed by atoms with E-state index in [1.165, 1.54) is 17.5 Å². The number of esters is 1. The molecule has 0 unspecified atom stereocenters. The molecule has 0 spiro atoms. The van der Waals surface area contributed by atoms with Crippen molar-refractivity contribution >= 4 is 23.8 Å². The molecule has 0 aromatic heterocycles. The van der Waals surface area contributed by atoms with Gasteiger partial charge in [0.25, 0.3) is 11.8 Å². The fourth-order valence-corrected chi connectivity index (χ4v) is 3.29. The molecule has 2 aliphatic rings. The van der Waals surface area contributed by atoms with E-state index >= 15 is 0 Å². The van der Waals surface area contributed by atoms with Gasteiger partial charge in [-0.05, 0) is 30.4 Å². The molecule has 1 aromatic carbocycles. The van der Waals surface area contributed by atoms with Crippen LogP contribution in [-0.4, -0.2) is 60.4 Å². The van der Waals surface area contributed by atoms with Crippen molar-refractivity contribution < 1.29 is 23.9 Å². The fraction of sp³-hybridized carbons (Fsp3) is 0.444. The Kier molecular flexibility index (Phi) is 5.20. The molecule has 138 valence electrons. The molecule has 8 nitrogen and oxygen atoms in total. The number of hydrogen-bond donors (Lipinski definition) is 1. The SMILES string of the molecule is CN1CC(=O)N(CC(=O)OCC(=O)N[C@H]2CCCc3ccccc32)C1=O. The van der Waals surface area contributed by atoms with Gasteiger partial charge in [-0.3, -0.25) is 19.3 Å². The number of carbonyl (C=O) groups excluding carboxylic acids is 4. The predicted molar refractivity (Wildman–Crippen MR) is 91.0 cm³/mol. The second kappa shape index (κ2) is 7.55. The summed E-state index contributed by atoms with van der Waals surface area (Å²) in [5, 5.41) is 2.88. The molecule has 1 heterocycles. The summed E-state index contributed by atoms with van der Waals surface area (Å²) in [7, 11) is 1.47. The third-order valence-electron chi connectivity index (χ3n) is 4.59. The maximum absolute atomic E-state index is 12.1. The summed E-state index contributed by atoms with van der Waals surface area (Å²) in [4.78, 5) is 49.3. The van der Waals surface area contributed by atoms with Crippen LogP contribution in [0.25, 0.3) is 0 Å². The number of carbonyl (C=O) groups is 4.